The van der Waals surface area contributed by atoms with E-state index in [0.717, 1.165) is 29.6 Å². The first-order valence-corrected chi connectivity index (χ1v) is 13.8. The maximum Gasteiger partial charge on any atom is 0.255 e. The number of halogens is 3. The molecule has 1 fully saturated rings. The highest BCUT2D eigenvalue weighted by Gasteiger charge is 2.16. The number of carbonyl (C=O) groups is 1. The summed E-state index contributed by atoms with van der Waals surface area (Å²) in [7, 11) is 0. The normalized spacial score (nSPS) is 13.7. The van der Waals surface area contributed by atoms with E-state index in [-0.39, 0.29) is 28.7 Å². The second-order valence-electron chi connectivity index (χ2n) is 9.09. The van der Waals surface area contributed by atoms with E-state index in [0.29, 0.717) is 31.0 Å². The number of amides is 1. The van der Waals surface area contributed by atoms with Crippen LogP contribution in [0.4, 0.5) is 30.5 Å². The fourth-order valence-electron chi connectivity index (χ4n) is 4.25. The molecule has 40 heavy (non-hydrogen) atoms. The minimum Gasteiger partial charge on any atom is -0.379 e. The molecule has 0 spiro atoms. The van der Waals surface area contributed by atoms with E-state index in [1.807, 2.05) is 6.26 Å². The van der Waals surface area contributed by atoms with E-state index in [9.17, 15) is 13.6 Å². The van der Waals surface area contributed by atoms with Crippen molar-refractivity contribution in [2.75, 3.05) is 43.2 Å². The second kappa shape index (κ2) is 12.5. The number of morpholine rings is 1. The molecule has 3 aromatic carbocycles. The first-order valence-electron chi connectivity index (χ1n) is 12.5. The van der Waals surface area contributed by atoms with Crippen molar-refractivity contribution in [2.24, 2.45) is 0 Å². The molecular weight excluding hydrogens is 539 g/mol. The number of ether oxygens (including phenoxy) is 1. The van der Waals surface area contributed by atoms with Crippen LogP contribution in [-0.4, -0.2) is 53.3 Å². The summed E-state index contributed by atoms with van der Waals surface area (Å²) in [5.41, 5.74) is 2.19. The topological polar surface area (TPSA) is 79.4 Å². The molecule has 1 aliphatic heterocycles. The average Bonchev–Trinajstić information content (AvgIpc) is 2.97. The molecule has 0 unspecified atom stereocenters. The maximum atomic E-state index is 15.0. The summed E-state index contributed by atoms with van der Waals surface area (Å²) in [6, 6.07) is 14.3. The summed E-state index contributed by atoms with van der Waals surface area (Å²) >= 11 is 1.43. The van der Waals surface area contributed by atoms with Crippen LogP contribution in [0.25, 0.3) is 11.3 Å². The number of anilines is 3. The molecule has 1 saturated heterocycles. The van der Waals surface area contributed by atoms with Gasteiger partial charge in [-0.25, -0.2) is 23.1 Å². The molecule has 1 aliphatic rings. The van der Waals surface area contributed by atoms with E-state index in [2.05, 4.69) is 25.5 Å². The summed E-state index contributed by atoms with van der Waals surface area (Å²) in [6.07, 6.45) is 3.47. The standard InChI is InChI=1S/C29H26F3N5O2S/c1-40-26-16-33-29(36-27(26)19-3-6-21(30)7-4-19)35-24-9-5-20(15-23(24)32)28(38)34-25-14-18(2-8-22(25)31)17-37-10-12-39-13-11-37/h2-9,14-16H,10-13,17H2,1H3,(H,34,38)(H,33,35,36). The van der Waals surface area contributed by atoms with Gasteiger partial charge in [0.15, 0.2) is 0 Å². The summed E-state index contributed by atoms with van der Waals surface area (Å²) in [6.45, 7) is 3.44. The van der Waals surface area contributed by atoms with Gasteiger partial charge in [0.05, 0.1) is 35.2 Å². The molecule has 7 nitrogen and oxygen atoms in total. The molecule has 0 radical (unpaired) electrons. The van der Waals surface area contributed by atoms with Gasteiger partial charge in [0.1, 0.15) is 17.5 Å². The quantitative estimate of drug-likeness (QED) is 0.250. The number of hydrogen-bond donors (Lipinski definition) is 2. The third-order valence-electron chi connectivity index (χ3n) is 6.36. The molecule has 0 saturated carbocycles. The zero-order chi connectivity index (χ0) is 28.1. The van der Waals surface area contributed by atoms with Gasteiger partial charge in [-0.15, -0.1) is 11.8 Å². The Morgan fingerprint density at radius 1 is 0.975 bits per heavy atom. The highest BCUT2D eigenvalue weighted by molar-refractivity contribution is 7.98. The highest BCUT2D eigenvalue weighted by atomic mass is 32.2. The summed E-state index contributed by atoms with van der Waals surface area (Å²) in [5, 5.41) is 5.38. The van der Waals surface area contributed by atoms with Crippen LogP contribution in [0.15, 0.2) is 71.8 Å². The van der Waals surface area contributed by atoms with Crippen molar-refractivity contribution >= 4 is 35.0 Å². The molecule has 1 amide bonds. The van der Waals surface area contributed by atoms with Crippen LogP contribution >= 0.6 is 11.8 Å². The lowest BCUT2D eigenvalue weighted by Gasteiger charge is -2.26. The van der Waals surface area contributed by atoms with Crippen LogP contribution < -0.4 is 10.6 Å². The number of carbonyl (C=O) groups excluding carboxylic acids is 1. The van der Waals surface area contributed by atoms with Crippen LogP contribution in [0.5, 0.6) is 0 Å². The summed E-state index contributed by atoms with van der Waals surface area (Å²) in [4.78, 5) is 24.5. The summed E-state index contributed by atoms with van der Waals surface area (Å²) < 4.78 is 48.2. The van der Waals surface area contributed by atoms with Gasteiger partial charge >= 0.3 is 0 Å². The zero-order valence-electron chi connectivity index (χ0n) is 21.6. The molecule has 2 heterocycles. The monoisotopic (exact) mass is 565 g/mol. The minimum absolute atomic E-state index is 0.0201. The number of aromatic nitrogens is 2. The van der Waals surface area contributed by atoms with E-state index < -0.39 is 17.5 Å². The number of nitrogens with zero attached hydrogens (tertiary/aromatic N) is 3. The average molecular weight is 566 g/mol. The van der Waals surface area contributed by atoms with Gasteiger partial charge in [-0.2, -0.15) is 0 Å². The van der Waals surface area contributed by atoms with E-state index in [1.54, 1.807) is 30.5 Å². The van der Waals surface area contributed by atoms with Crippen LogP contribution in [0, 0.1) is 17.5 Å². The van der Waals surface area contributed by atoms with Crippen molar-refractivity contribution in [1.82, 2.24) is 14.9 Å². The van der Waals surface area contributed by atoms with Crippen LogP contribution in [0.2, 0.25) is 0 Å². The minimum atomic E-state index is -0.713. The van der Waals surface area contributed by atoms with Crippen molar-refractivity contribution in [1.29, 1.82) is 0 Å². The maximum absolute atomic E-state index is 15.0. The SMILES string of the molecule is CSc1cnc(Nc2ccc(C(=O)Nc3cc(CN4CCOCC4)ccc3F)cc2F)nc1-c1ccc(F)cc1. The van der Waals surface area contributed by atoms with Crippen molar-refractivity contribution in [3.05, 3.63) is 95.4 Å². The van der Waals surface area contributed by atoms with Crippen molar-refractivity contribution in [3.63, 3.8) is 0 Å². The van der Waals surface area contributed by atoms with E-state index >= 15 is 4.39 Å². The molecule has 11 heteroatoms. The number of rotatable bonds is 8. The third kappa shape index (κ3) is 6.61. The lowest BCUT2D eigenvalue weighted by atomic mass is 10.1. The predicted molar refractivity (Wildman–Crippen MR) is 149 cm³/mol. The van der Waals surface area contributed by atoms with Gasteiger partial charge in [-0.1, -0.05) is 6.07 Å². The molecule has 0 bridgehead atoms. The van der Waals surface area contributed by atoms with Gasteiger partial charge in [0, 0.05) is 37.0 Å². The Morgan fingerprint density at radius 2 is 1.75 bits per heavy atom. The van der Waals surface area contributed by atoms with Crippen LogP contribution in [-0.2, 0) is 11.3 Å². The Labute approximate surface area is 233 Å². The van der Waals surface area contributed by atoms with Gasteiger partial charge in [-0.05, 0) is 66.4 Å². The number of thioether (sulfide) groups is 1. The lowest BCUT2D eigenvalue weighted by molar-refractivity contribution is 0.0342. The molecule has 0 aliphatic carbocycles. The molecule has 2 N–H and O–H groups in total. The fourth-order valence-corrected chi connectivity index (χ4v) is 4.77. The fraction of sp³-hybridized carbons (Fsp3) is 0.207. The third-order valence-corrected chi connectivity index (χ3v) is 7.10. The lowest BCUT2D eigenvalue weighted by Crippen LogP contribution is -2.35. The van der Waals surface area contributed by atoms with Crippen LogP contribution in [0.3, 0.4) is 0 Å². The Kier molecular flexibility index (Phi) is 8.63. The Morgan fingerprint density at radius 3 is 2.48 bits per heavy atom. The number of nitrogens with one attached hydrogen (secondary N) is 2. The molecular formula is C29H26F3N5O2S. The molecule has 1 aromatic heterocycles. The zero-order valence-corrected chi connectivity index (χ0v) is 22.4. The van der Waals surface area contributed by atoms with Gasteiger partial charge < -0.3 is 15.4 Å². The number of hydrogen-bond acceptors (Lipinski definition) is 7. The van der Waals surface area contributed by atoms with E-state index in [1.165, 1.54) is 42.1 Å². The second-order valence-corrected chi connectivity index (χ2v) is 9.94. The first kappa shape index (κ1) is 27.6. The van der Waals surface area contributed by atoms with Crippen molar-refractivity contribution in [2.45, 2.75) is 11.4 Å². The van der Waals surface area contributed by atoms with Gasteiger partial charge in [-0.3, -0.25) is 9.69 Å². The van der Waals surface area contributed by atoms with Crippen molar-refractivity contribution < 1.29 is 22.7 Å². The van der Waals surface area contributed by atoms with Gasteiger partial charge in [0.25, 0.3) is 5.91 Å². The Bertz CT molecular complexity index is 1510. The van der Waals surface area contributed by atoms with E-state index in [4.69, 9.17) is 4.74 Å². The highest BCUT2D eigenvalue weighted by Crippen LogP contribution is 2.30. The predicted octanol–water partition coefficient (Wildman–Crippen LogP) is 6.11. The Hall–Kier alpha value is -3.93. The largest absolute Gasteiger partial charge is 0.379 e. The first-order chi connectivity index (χ1) is 19.4. The molecule has 4 aromatic rings. The molecule has 5 rings (SSSR count). The molecule has 206 valence electrons. The van der Waals surface area contributed by atoms with Crippen molar-refractivity contribution in [3.8, 4) is 11.3 Å². The Balaban J connectivity index is 1.30. The smallest absolute Gasteiger partial charge is 0.255 e. The summed E-state index contributed by atoms with van der Waals surface area (Å²) in [5.74, 6) is -2.17. The van der Waals surface area contributed by atoms with Gasteiger partial charge in [0.2, 0.25) is 5.95 Å². The molecule has 0 atom stereocenters. The van der Waals surface area contributed by atoms with Crippen LogP contribution in [0.1, 0.15) is 15.9 Å². The number of benzene rings is 3.